The molecular weight excluding hydrogens is 324 g/mol. The molecule has 0 N–H and O–H groups in total. The summed E-state index contributed by atoms with van der Waals surface area (Å²) in [5.74, 6) is 2.25. The summed E-state index contributed by atoms with van der Waals surface area (Å²) < 4.78 is 11.4. The van der Waals surface area contributed by atoms with Crippen LogP contribution in [-0.4, -0.2) is 12.4 Å². The predicted octanol–water partition coefficient (Wildman–Crippen LogP) is 5.48. The van der Waals surface area contributed by atoms with E-state index in [2.05, 4.69) is 39.0 Å². The first-order chi connectivity index (χ1) is 12.3. The summed E-state index contributed by atoms with van der Waals surface area (Å²) in [6.45, 7) is 11.0. The smallest absolute Gasteiger partial charge is 0.160 e. The molecule has 2 rings (SSSR count). The van der Waals surface area contributed by atoms with Crippen LogP contribution in [0.25, 0.3) is 0 Å². The van der Waals surface area contributed by atoms with Crippen molar-refractivity contribution in [3.8, 4) is 5.75 Å². The van der Waals surface area contributed by atoms with Crippen molar-refractivity contribution in [1.29, 1.82) is 0 Å². The number of Topliss-reactive ketones (excluding diaryl/α,β-unsaturated/α-hetero) is 1. The van der Waals surface area contributed by atoms with Gasteiger partial charge in [0.05, 0.1) is 6.61 Å². The third kappa shape index (κ3) is 5.70. The van der Waals surface area contributed by atoms with Crippen molar-refractivity contribution in [2.24, 2.45) is 17.3 Å². The highest BCUT2D eigenvalue weighted by molar-refractivity contribution is 5.81. The summed E-state index contributed by atoms with van der Waals surface area (Å²) in [5, 5.41) is 0. The molecule has 0 aromatic heterocycles. The summed E-state index contributed by atoms with van der Waals surface area (Å²) in [7, 11) is 0. The summed E-state index contributed by atoms with van der Waals surface area (Å²) in [6, 6.07) is 7.77. The lowest BCUT2D eigenvalue weighted by Crippen LogP contribution is -2.17. The molecule has 1 aromatic rings. The van der Waals surface area contributed by atoms with Crippen LogP contribution >= 0.6 is 0 Å². The number of hydrogen-bond acceptors (Lipinski definition) is 3. The van der Waals surface area contributed by atoms with Gasteiger partial charge < -0.3 is 9.47 Å². The van der Waals surface area contributed by atoms with Gasteiger partial charge in [-0.25, -0.2) is 0 Å². The number of rotatable bonds is 8. The number of carbonyl (C=O) groups is 1. The van der Waals surface area contributed by atoms with Gasteiger partial charge in [0.15, 0.2) is 5.78 Å². The van der Waals surface area contributed by atoms with Gasteiger partial charge in [-0.3, -0.25) is 4.79 Å². The van der Waals surface area contributed by atoms with Crippen LogP contribution in [0, 0.1) is 17.3 Å². The Morgan fingerprint density at radius 3 is 2.38 bits per heavy atom. The van der Waals surface area contributed by atoms with Gasteiger partial charge in [-0.1, -0.05) is 65.0 Å². The second kappa shape index (κ2) is 9.00. The Labute approximate surface area is 157 Å². The normalized spacial score (nSPS) is 19.6. The molecule has 0 radical (unpaired) electrons. The minimum absolute atomic E-state index is 0.0123. The average Bonchev–Trinajstić information content (AvgIpc) is 2.79. The number of allylic oxidation sites excluding steroid dienone is 5. The zero-order chi connectivity index (χ0) is 19.2. The lowest BCUT2D eigenvalue weighted by Gasteiger charge is -2.26. The maximum atomic E-state index is 11.6. The molecule has 0 fully saturated rings. The van der Waals surface area contributed by atoms with Crippen molar-refractivity contribution in [3.05, 3.63) is 66.0 Å². The molecule has 0 saturated heterocycles. The van der Waals surface area contributed by atoms with Gasteiger partial charge in [0.25, 0.3) is 0 Å². The van der Waals surface area contributed by atoms with Gasteiger partial charge in [0.1, 0.15) is 18.1 Å². The Bertz CT molecular complexity index is 693. The maximum Gasteiger partial charge on any atom is 0.160 e. The van der Waals surface area contributed by atoms with Crippen molar-refractivity contribution in [2.45, 2.75) is 41.2 Å². The summed E-state index contributed by atoms with van der Waals surface area (Å²) in [4.78, 5) is 11.6. The monoisotopic (exact) mass is 354 g/mol. The van der Waals surface area contributed by atoms with Gasteiger partial charge in [-0.2, -0.15) is 0 Å². The zero-order valence-corrected chi connectivity index (χ0v) is 16.5. The zero-order valence-electron chi connectivity index (χ0n) is 16.5. The van der Waals surface area contributed by atoms with E-state index in [4.69, 9.17) is 9.47 Å². The van der Waals surface area contributed by atoms with Gasteiger partial charge in [-0.15, -0.1) is 0 Å². The number of ether oxygens (including phenoxy) is 2. The standard InChI is InChI=1S/C23H30O3/c1-17(2)22(24)16-25-15-19-8-10-21(11-9-19)26-20-7-6-13-23(5,14-12-20)18(3)4/h6-14,17-18H,15-16H2,1-5H3. The predicted molar refractivity (Wildman–Crippen MR) is 106 cm³/mol. The summed E-state index contributed by atoms with van der Waals surface area (Å²) >= 11 is 0. The molecule has 1 aliphatic carbocycles. The Balaban J connectivity index is 1.90. The van der Waals surface area contributed by atoms with Gasteiger partial charge in [0, 0.05) is 11.3 Å². The van der Waals surface area contributed by atoms with Crippen molar-refractivity contribution in [3.63, 3.8) is 0 Å². The van der Waals surface area contributed by atoms with Crippen LogP contribution in [0.4, 0.5) is 0 Å². The topological polar surface area (TPSA) is 35.5 Å². The van der Waals surface area contributed by atoms with Crippen LogP contribution in [0.15, 0.2) is 60.4 Å². The second-order valence-corrected chi connectivity index (χ2v) is 7.64. The van der Waals surface area contributed by atoms with E-state index in [1.54, 1.807) is 0 Å². The van der Waals surface area contributed by atoms with E-state index in [0.717, 1.165) is 17.1 Å². The highest BCUT2D eigenvalue weighted by Gasteiger charge is 2.22. The largest absolute Gasteiger partial charge is 0.457 e. The lowest BCUT2D eigenvalue weighted by atomic mass is 9.79. The van der Waals surface area contributed by atoms with Crippen LogP contribution in [-0.2, 0) is 16.1 Å². The highest BCUT2D eigenvalue weighted by Crippen LogP contribution is 2.32. The van der Waals surface area contributed by atoms with Crippen LogP contribution in [0.3, 0.4) is 0 Å². The van der Waals surface area contributed by atoms with Crippen molar-refractivity contribution in [1.82, 2.24) is 0 Å². The molecule has 0 heterocycles. The molecule has 26 heavy (non-hydrogen) atoms. The molecule has 140 valence electrons. The number of ketones is 1. The van der Waals surface area contributed by atoms with Gasteiger partial charge in [0.2, 0.25) is 0 Å². The highest BCUT2D eigenvalue weighted by atomic mass is 16.5. The van der Waals surface area contributed by atoms with Crippen LogP contribution < -0.4 is 4.74 Å². The first kappa shape index (κ1) is 20.2. The lowest BCUT2D eigenvalue weighted by molar-refractivity contribution is -0.126. The molecule has 1 aliphatic rings. The minimum atomic E-state index is 0.0123. The Kier molecular flexibility index (Phi) is 6.98. The molecular formula is C23H30O3. The maximum absolute atomic E-state index is 11.6. The Morgan fingerprint density at radius 2 is 1.77 bits per heavy atom. The number of hydrogen-bond donors (Lipinski definition) is 0. The molecule has 3 heteroatoms. The number of carbonyl (C=O) groups excluding carboxylic acids is 1. The molecule has 0 spiro atoms. The van der Waals surface area contributed by atoms with E-state index in [9.17, 15) is 4.79 Å². The first-order valence-corrected chi connectivity index (χ1v) is 9.26. The molecule has 1 atom stereocenters. The Hall–Kier alpha value is -2.13. The third-order valence-electron chi connectivity index (χ3n) is 4.88. The SMILES string of the molecule is CC(C)C(=O)COCc1ccc(OC2=CC=CC(C)(C(C)C)C=C2)cc1. The summed E-state index contributed by atoms with van der Waals surface area (Å²) in [5.41, 5.74) is 1.06. The minimum Gasteiger partial charge on any atom is -0.457 e. The molecule has 3 nitrogen and oxygen atoms in total. The van der Waals surface area contributed by atoms with Gasteiger partial charge >= 0.3 is 0 Å². The molecule has 0 bridgehead atoms. The van der Waals surface area contributed by atoms with Crippen molar-refractivity contribution in [2.75, 3.05) is 6.61 Å². The van der Waals surface area contributed by atoms with Crippen LogP contribution in [0.2, 0.25) is 0 Å². The molecule has 0 amide bonds. The molecule has 0 saturated carbocycles. The fourth-order valence-corrected chi connectivity index (χ4v) is 2.40. The van der Waals surface area contributed by atoms with E-state index in [1.807, 2.05) is 50.3 Å². The van der Waals surface area contributed by atoms with E-state index in [0.29, 0.717) is 12.5 Å². The number of benzene rings is 1. The van der Waals surface area contributed by atoms with Gasteiger partial charge in [-0.05, 0) is 35.8 Å². The van der Waals surface area contributed by atoms with E-state index < -0.39 is 0 Å². The molecule has 1 aromatic carbocycles. The fourth-order valence-electron chi connectivity index (χ4n) is 2.40. The van der Waals surface area contributed by atoms with Crippen molar-refractivity contribution < 1.29 is 14.3 Å². The summed E-state index contributed by atoms with van der Waals surface area (Å²) in [6.07, 6.45) is 10.5. The van der Waals surface area contributed by atoms with E-state index in [1.165, 1.54) is 0 Å². The second-order valence-electron chi connectivity index (χ2n) is 7.64. The molecule has 1 unspecified atom stereocenters. The van der Waals surface area contributed by atoms with E-state index in [-0.39, 0.29) is 23.7 Å². The van der Waals surface area contributed by atoms with Crippen LogP contribution in [0.1, 0.15) is 40.2 Å². The Morgan fingerprint density at radius 1 is 1.08 bits per heavy atom. The molecule has 0 aliphatic heterocycles. The first-order valence-electron chi connectivity index (χ1n) is 9.26. The quantitative estimate of drug-likeness (QED) is 0.620. The van der Waals surface area contributed by atoms with E-state index >= 15 is 0 Å². The average molecular weight is 354 g/mol. The fraction of sp³-hybridized carbons (Fsp3) is 0.435. The van der Waals surface area contributed by atoms with Crippen LogP contribution in [0.5, 0.6) is 5.75 Å². The van der Waals surface area contributed by atoms with Crippen molar-refractivity contribution >= 4 is 5.78 Å². The third-order valence-corrected chi connectivity index (χ3v) is 4.88.